The van der Waals surface area contributed by atoms with Gasteiger partial charge in [0.25, 0.3) is 0 Å². The van der Waals surface area contributed by atoms with Crippen LogP contribution in [0.5, 0.6) is 0 Å². The molecular weight excluding hydrogens is 388 g/mol. The minimum Gasteiger partial charge on any atom is -0.0622 e. The van der Waals surface area contributed by atoms with Crippen molar-refractivity contribution in [2.45, 2.75) is 6.42 Å². The molecule has 0 nitrogen and oxygen atoms in total. The van der Waals surface area contributed by atoms with Crippen molar-refractivity contribution in [3.63, 3.8) is 0 Å². The second kappa shape index (κ2) is 5.11. The zero-order valence-corrected chi connectivity index (χ0v) is 14.4. The molecule has 0 aliphatic heterocycles. The lowest BCUT2D eigenvalue weighted by atomic mass is 9.96. The first kappa shape index (κ1) is 13.3. The summed E-state index contributed by atoms with van der Waals surface area (Å²) in [6, 6.07) is 21.5. The van der Waals surface area contributed by atoms with Crippen LogP contribution >= 0.6 is 31.9 Å². The highest BCUT2D eigenvalue weighted by atomic mass is 79.9. The Morgan fingerprint density at radius 2 is 1.43 bits per heavy atom. The van der Waals surface area contributed by atoms with E-state index in [4.69, 9.17) is 0 Å². The fourth-order valence-electron chi connectivity index (χ4n) is 3.16. The fraction of sp³-hybridized carbons (Fsp3) is 0.0526. The topological polar surface area (TPSA) is 0 Å². The number of benzene rings is 3. The second-order valence-electron chi connectivity index (χ2n) is 5.27. The van der Waals surface area contributed by atoms with Crippen LogP contribution in [0.3, 0.4) is 0 Å². The number of rotatable bonds is 1. The summed E-state index contributed by atoms with van der Waals surface area (Å²) in [5, 5.41) is 0. The molecule has 0 amide bonds. The third-order valence-electron chi connectivity index (χ3n) is 4.06. The highest BCUT2D eigenvalue weighted by molar-refractivity contribution is 9.11. The van der Waals surface area contributed by atoms with Crippen molar-refractivity contribution in [3.05, 3.63) is 80.7 Å². The molecule has 3 aromatic carbocycles. The summed E-state index contributed by atoms with van der Waals surface area (Å²) in [7, 11) is 0. The highest BCUT2D eigenvalue weighted by Gasteiger charge is 2.24. The van der Waals surface area contributed by atoms with Crippen LogP contribution in [0.25, 0.3) is 22.3 Å². The van der Waals surface area contributed by atoms with Gasteiger partial charge in [-0.15, -0.1) is 0 Å². The molecule has 0 radical (unpaired) electrons. The Bertz CT molecular complexity index is 836. The van der Waals surface area contributed by atoms with Gasteiger partial charge < -0.3 is 0 Å². The average Bonchev–Trinajstić information content (AvgIpc) is 2.87. The molecule has 0 fully saturated rings. The Balaban J connectivity index is 2.01. The van der Waals surface area contributed by atoms with E-state index in [1.54, 1.807) is 0 Å². The maximum absolute atomic E-state index is 3.74. The van der Waals surface area contributed by atoms with E-state index in [1.807, 2.05) is 0 Å². The standard InChI is InChI=1S/C19H12Br2/c20-16-8-4-7-13-11-15-14(19(13)16)9-10-17(21)18(15)12-5-2-1-3-6-12/h1-10H,11H2. The van der Waals surface area contributed by atoms with Crippen molar-refractivity contribution < 1.29 is 0 Å². The van der Waals surface area contributed by atoms with Crippen LogP contribution in [0.2, 0.25) is 0 Å². The Morgan fingerprint density at radius 3 is 2.24 bits per heavy atom. The van der Waals surface area contributed by atoms with Crippen molar-refractivity contribution in [1.29, 1.82) is 0 Å². The Labute approximate surface area is 141 Å². The van der Waals surface area contributed by atoms with E-state index in [2.05, 4.69) is 92.5 Å². The van der Waals surface area contributed by atoms with E-state index >= 15 is 0 Å². The normalized spacial score (nSPS) is 12.1. The van der Waals surface area contributed by atoms with Crippen LogP contribution in [0, 0.1) is 0 Å². The average molecular weight is 400 g/mol. The van der Waals surface area contributed by atoms with Crippen molar-refractivity contribution >= 4 is 31.9 Å². The molecule has 1 aliphatic carbocycles. The lowest BCUT2D eigenvalue weighted by Gasteiger charge is -2.12. The molecule has 21 heavy (non-hydrogen) atoms. The predicted octanol–water partition coefficient (Wildman–Crippen LogP) is 6.45. The second-order valence-corrected chi connectivity index (χ2v) is 6.97. The predicted molar refractivity (Wildman–Crippen MR) is 95.5 cm³/mol. The molecule has 2 heteroatoms. The lowest BCUT2D eigenvalue weighted by Crippen LogP contribution is -1.89. The van der Waals surface area contributed by atoms with Gasteiger partial charge in [-0.25, -0.2) is 0 Å². The lowest BCUT2D eigenvalue weighted by molar-refractivity contribution is 1.26. The summed E-state index contributed by atoms with van der Waals surface area (Å²) >= 11 is 7.44. The van der Waals surface area contributed by atoms with Gasteiger partial charge in [0.2, 0.25) is 0 Å². The SMILES string of the molecule is Brc1cccc2c1-c1ccc(Br)c(-c3ccccc3)c1C2. The maximum Gasteiger partial charge on any atom is 0.0257 e. The Kier molecular flexibility index (Phi) is 3.24. The molecule has 3 aromatic rings. The number of fused-ring (bicyclic) bond motifs is 3. The number of hydrogen-bond acceptors (Lipinski definition) is 0. The van der Waals surface area contributed by atoms with Gasteiger partial charge in [-0.2, -0.15) is 0 Å². The van der Waals surface area contributed by atoms with Crippen LogP contribution in [-0.4, -0.2) is 0 Å². The first-order valence-electron chi connectivity index (χ1n) is 6.90. The minimum atomic E-state index is 0.994. The van der Waals surface area contributed by atoms with E-state index in [-0.39, 0.29) is 0 Å². The molecule has 0 bridgehead atoms. The zero-order valence-electron chi connectivity index (χ0n) is 11.2. The molecular formula is C19H12Br2. The van der Waals surface area contributed by atoms with Crippen LogP contribution < -0.4 is 0 Å². The summed E-state index contributed by atoms with van der Waals surface area (Å²) in [6.07, 6.45) is 0.994. The summed E-state index contributed by atoms with van der Waals surface area (Å²) in [5.41, 5.74) is 8.09. The van der Waals surface area contributed by atoms with Crippen LogP contribution in [0.15, 0.2) is 69.6 Å². The highest BCUT2D eigenvalue weighted by Crippen LogP contribution is 2.47. The van der Waals surface area contributed by atoms with Gasteiger partial charge in [-0.3, -0.25) is 0 Å². The van der Waals surface area contributed by atoms with Gasteiger partial charge in [-0.1, -0.05) is 80.4 Å². The van der Waals surface area contributed by atoms with E-state index in [1.165, 1.54) is 37.9 Å². The molecule has 0 unspecified atom stereocenters. The Hall–Kier alpha value is -1.38. The number of hydrogen-bond donors (Lipinski definition) is 0. The fourth-order valence-corrected chi connectivity index (χ4v) is 4.38. The zero-order chi connectivity index (χ0) is 14.4. The largest absolute Gasteiger partial charge is 0.0622 e. The van der Waals surface area contributed by atoms with Crippen molar-refractivity contribution in [2.75, 3.05) is 0 Å². The van der Waals surface area contributed by atoms with E-state index in [9.17, 15) is 0 Å². The van der Waals surface area contributed by atoms with Gasteiger partial charge in [0.1, 0.15) is 0 Å². The molecule has 0 saturated carbocycles. The molecule has 0 saturated heterocycles. The third-order valence-corrected chi connectivity index (χ3v) is 5.38. The van der Waals surface area contributed by atoms with Gasteiger partial charge in [0.15, 0.2) is 0 Å². The van der Waals surface area contributed by atoms with E-state index < -0.39 is 0 Å². The summed E-state index contributed by atoms with van der Waals surface area (Å²) in [6.45, 7) is 0. The van der Waals surface area contributed by atoms with E-state index in [0.29, 0.717) is 0 Å². The molecule has 0 spiro atoms. The molecule has 102 valence electrons. The number of halogens is 2. The van der Waals surface area contributed by atoms with Crippen LogP contribution in [0.1, 0.15) is 11.1 Å². The molecule has 1 aliphatic rings. The summed E-state index contributed by atoms with van der Waals surface area (Å²) in [5.74, 6) is 0. The smallest absolute Gasteiger partial charge is 0.0257 e. The van der Waals surface area contributed by atoms with Crippen molar-refractivity contribution in [3.8, 4) is 22.3 Å². The first-order chi connectivity index (χ1) is 10.3. The molecule has 0 atom stereocenters. The van der Waals surface area contributed by atoms with Crippen LogP contribution in [0.4, 0.5) is 0 Å². The Morgan fingerprint density at radius 1 is 0.667 bits per heavy atom. The van der Waals surface area contributed by atoms with Gasteiger partial charge in [0.05, 0.1) is 0 Å². The van der Waals surface area contributed by atoms with Crippen molar-refractivity contribution in [2.24, 2.45) is 0 Å². The molecule has 0 aromatic heterocycles. The minimum absolute atomic E-state index is 0.994. The molecule has 0 N–H and O–H groups in total. The first-order valence-corrected chi connectivity index (χ1v) is 8.49. The monoisotopic (exact) mass is 398 g/mol. The summed E-state index contributed by atoms with van der Waals surface area (Å²) in [4.78, 5) is 0. The third kappa shape index (κ3) is 2.09. The van der Waals surface area contributed by atoms with Gasteiger partial charge in [-0.05, 0) is 46.4 Å². The van der Waals surface area contributed by atoms with Gasteiger partial charge >= 0.3 is 0 Å². The van der Waals surface area contributed by atoms with Crippen LogP contribution in [-0.2, 0) is 6.42 Å². The quantitative estimate of drug-likeness (QED) is 0.345. The maximum atomic E-state index is 3.74. The van der Waals surface area contributed by atoms with Crippen molar-refractivity contribution in [1.82, 2.24) is 0 Å². The molecule has 0 heterocycles. The molecule has 4 rings (SSSR count). The summed E-state index contributed by atoms with van der Waals surface area (Å²) < 4.78 is 2.34. The van der Waals surface area contributed by atoms with E-state index in [0.717, 1.165) is 10.9 Å². The van der Waals surface area contributed by atoms with Gasteiger partial charge in [0, 0.05) is 14.5 Å².